The minimum atomic E-state index is -3.05. The summed E-state index contributed by atoms with van der Waals surface area (Å²) < 4.78 is 60.9. The van der Waals surface area contributed by atoms with Gasteiger partial charge in [0.1, 0.15) is 12.4 Å². The van der Waals surface area contributed by atoms with Gasteiger partial charge in [-0.15, -0.1) is 0 Å². The normalized spacial score (nSPS) is 27.6. The maximum Gasteiger partial charge on any atom is 0.266 e. The van der Waals surface area contributed by atoms with Crippen molar-refractivity contribution in [2.75, 3.05) is 18.6 Å². The van der Waals surface area contributed by atoms with E-state index in [1.165, 1.54) is 0 Å². The molecule has 1 saturated carbocycles. The number of pyridine rings is 1. The molecule has 6 nitrogen and oxygen atoms in total. The molecule has 1 aromatic heterocycles. The Bertz CT molecular complexity index is 758. The van der Waals surface area contributed by atoms with Crippen LogP contribution in [0.5, 0.6) is 0 Å². The number of alkyl halides is 2. The molecule has 0 bridgehead atoms. The predicted octanol–water partition coefficient (Wildman–Crippen LogP) is 1.47. The van der Waals surface area contributed by atoms with Crippen LogP contribution in [0.1, 0.15) is 24.8 Å². The topological polar surface area (TPSA) is 85.5 Å². The van der Waals surface area contributed by atoms with Gasteiger partial charge in [-0.2, -0.15) is 0 Å². The summed E-state index contributed by atoms with van der Waals surface area (Å²) in [6.45, 7) is -0.655. The molecule has 2 N–H and O–H groups in total. The Morgan fingerprint density at radius 2 is 2.16 bits per heavy atom. The van der Waals surface area contributed by atoms with Crippen LogP contribution in [0.4, 0.5) is 23.4 Å². The van der Waals surface area contributed by atoms with Crippen LogP contribution in [0.15, 0.2) is 6.20 Å². The van der Waals surface area contributed by atoms with Gasteiger partial charge in [-0.1, -0.05) is 0 Å². The fraction of sp³-hybridized carbons (Fsp3) is 0.533. The van der Waals surface area contributed by atoms with E-state index in [1.807, 2.05) is 0 Å². The Balaban J connectivity index is 2.21. The third-order valence-corrected chi connectivity index (χ3v) is 4.76. The number of nitrogens with zero attached hydrogens (tertiary/aromatic N) is 2. The summed E-state index contributed by atoms with van der Waals surface area (Å²) in [5.41, 5.74) is 2.35. The average molecular weight is 361 g/mol. The molecule has 2 heterocycles. The molecule has 1 aliphatic carbocycles. The number of rotatable bonds is 4. The van der Waals surface area contributed by atoms with Crippen molar-refractivity contribution in [3.8, 4) is 0 Å². The summed E-state index contributed by atoms with van der Waals surface area (Å²) in [7, 11) is 1.05. The average Bonchev–Trinajstić information content (AvgIpc) is 3.00. The summed E-state index contributed by atoms with van der Waals surface area (Å²) in [6.07, 6.45) is -0.825. The molecule has 1 fully saturated rings. The van der Waals surface area contributed by atoms with Crippen LogP contribution in [0, 0.1) is 17.6 Å². The van der Waals surface area contributed by atoms with Crippen molar-refractivity contribution in [1.29, 1.82) is 0 Å². The van der Waals surface area contributed by atoms with Gasteiger partial charge in [0.15, 0.2) is 17.2 Å². The summed E-state index contributed by atoms with van der Waals surface area (Å²) in [5, 5.41) is 0. The highest BCUT2D eigenvalue weighted by Crippen LogP contribution is 2.54. The lowest BCUT2D eigenvalue weighted by atomic mass is 9.80. The quantitative estimate of drug-likeness (QED) is 0.823. The number of hydrogen-bond donors (Lipinski definition) is 1. The van der Waals surface area contributed by atoms with E-state index in [0.29, 0.717) is 6.20 Å². The zero-order valence-electron chi connectivity index (χ0n) is 13.2. The van der Waals surface area contributed by atoms with Crippen molar-refractivity contribution in [2.45, 2.75) is 30.8 Å². The highest BCUT2D eigenvalue weighted by atomic mass is 19.3. The molecule has 0 aromatic carbocycles. The van der Waals surface area contributed by atoms with Crippen LogP contribution in [0.3, 0.4) is 0 Å². The van der Waals surface area contributed by atoms with Crippen LogP contribution in [0.2, 0.25) is 0 Å². The van der Waals surface area contributed by atoms with Gasteiger partial charge in [0, 0.05) is 25.9 Å². The molecule has 1 aromatic rings. The second kappa shape index (κ2) is 5.65. The van der Waals surface area contributed by atoms with Crippen LogP contribution >= 0.6 is 0 Å². The predicted molar refractivity (Wildman–Crippen MR) is 76.7 cm³/mol. The fourth-order valence-corrected chi connectivity index (χ4v) is 3.73. The number of aromatic nitrogens is 1. The van der Waals surface area contributed by atoms with Gasteiger partial charge in [0.2, 0.25) is 11.8 Å². The number of carbonyl (C=O) groups is 2. The summed E-state index contributed by atoms with van der Waals surface area (Å²) >= 11 is 0. The van der Waals surface area contributed by atoms with Gasteiger partial charge in [0.05, 0.1) is 11.8 Å². The lowest BCUT2D eigenvalue weighted by molar-refractivity contribution is -0.149. The van der Waals surface area contributed by atoms with Crippen LogP contribution < -0.4 is 10.6 Å². The molecule has 10 heteroatoms. The van der Waals surface area contributed by atoms with E-state index in [0.717, 1.165) is 12.0 Å². The molecule has 0 unspecified atom stereocenters. The second-order valence-electron chi connectivity index (χ2n) is 6.21. The highest BCUT2D eigenvalue weighted by molar-refractivity contribution is 6.09. The second-order valence-corrected chi connectivity index (χ2v) is 6.21. The van der Waals surface area contributed by atoms with E-state index in [1.54, 1.807) is 0 Å². The first-order valence-electron chi connectivity index (χ1n) is 7.51. The maximum absolute atomic E-state index is 14.5. The molecule has 25 heavy (non-hydrogen) atoms. The van der Waals surface area contributed by atoms with Crippen LogP contribution in [-0.2, 0) is 19.9 Å². The van der Waals surface area contributed by atoms with Crippen molar-refractivity contribution >= 4 is 17.6 Å². The Labute approximate surface area is 139 Å². The van der Waals surface area contributed by atoms with Crippen molar-refractivity contribution < 1.29 is 31.9 Å². The minimum absolute atomic E-state index is 0.133. The lowest BCUT2D eigenvalue weighted by Gasteiger charge is -2.32. The van der Waals surface area contributed by atoms with Crippen molar-refractivity contribution in [1.82, 2.24) is 4.98 Å². The number of nitrogens with two attached hydrogens (primary N) is 1. The van der Waals surface area contributed by atoms with E-state index in [4.69, 9.17) is 10.5 Å². The Hall–Kier alpha value is -2.23. The summed E-state index contributed by atoms with van der Waals surface area (Å²) in [5.74, 6) is -9.14. The maximum atomic E-state index is 14.5. The van der Waals surface area contributed by atoms with E-state index in [9.17, 15) is 27.2 Å². The van der Waals surface area contributed by atoms with Gasteiger partial charge in [0.25, 0.3) is 5.91 Å². The van der Waals surface area contributed by atoms with Crippen LogP contribution in [-0.4, -0.2) is 36.4 Å². The monoisotopic (exact) mass is 361 g/mol. The first-order valence-corrected chi connectivity index (χ1v) is 7.51. The Morgan fingerprint density at radius 3 is 2.68 bits per heavy atom. The molecule has 2 atom stereocenters. The number of hydrogen-bond acceptors (Lipinski definition) is 4. The fourth-order valence-electron chi connectivity index (χ4n) is 3.73. The minimum Gasteiger partial charge on any atom is -0.368 e. The molecular formula is C15H15F4N3O3. The number of fused-ring (bicyclic) bond motifs is 1. The zero-order chi connectivity index (χ0) is 18.6. The molecule has 136 valence electrons. The van der Waals surface area contributed by atoms with Gasteiger partial charge in [-0.3, -0.25) is 14.5 Å². The number of primary amides is 1. The summed E-state index contributed by atoms with van der Waals surface area (Å²) in [6, 6.07) is 0. The molecule has 2 aliphatic rings. The molecule has 1 aliphatic heterocycles. The van der Waals surface area contributed by atoms with Crippen LogP contribution in [0.25, 0.3) is 0 Å². The third-order valence-electron chi connectivity index (χ3n) is 4.76. The number of anilines is 1. The van der Waals surface area contributed by atoms with E-state index in [-0.39, 0.29) is 12.2 Å². The smallest absolute Gasteiger partial charge is 0.266 e. The van der Waals surface area contributed by atoms with Gasteiger partial charge < -0.3 is 10.5 Å². The van der Waals surface area contributed by atoms with Gasteiger partial charge >= 0.3 is 0 Å². The standard InChI is InChI=1S/C15H15F4N3O3/c1-25-15(7-2-3-14(18,19)4-7)10-11(17)8(16)5-21-12(10)22(13(15)24)6-9(20)23/h5,7H,2-4,6H2,1H3,(H2,20,23)/t7-,15-/m0/s1. The molecule has 3 rings (SSSR count). The number of methoxy groups -OCH3 is 1. The zero-order valence-corrected chi connectivity index (χ0v) is 13.2. The molecule has 2 amide bonds. The Morgan fingerprint density at radius 1 is 1.48 bits per heavy atom. The van der Waals surface area contributed by atoms with Gasteiger partial charge in [-0.05, 0) is 6.42 Å². The number of halogens is 4. The SMILES string of the molecule is CO[C@]1([C@H]2CCC(F)(F)C2)C(=O)N(CC(N)=O)c2ncc(F)c(F)c21. The van der Waals surface area contributed by atoms with Gasteiger partial charge in [-0.25, -0.2) is 22.5 Å². The molecule has 0 spiro atoms. The first kappa shape index (κ1) is 17.6. The summed E-state index contributed by atoms with van der Waals surface area (Å²) in [4.78, 5) is 28.6. The highest BCUT2D eigenvalue weighted by Gasteiger charge is 2.62. The van der Waals surface area contributed by atoms with E-state index >= 15 is 0 Å². The van der Waals surface area contributed by atoms with E-state index < -0.39 is 65.8 Å². The Kier molecular flexibility index (Phi) is 3.98. The lowest BCUT2D eigenvalue weighted by Crippen LogP contribution is -2.49. The number of ether oxygens (including phenoxy) is 1. The molecule has 0 saturated heterocycles. The third kappa shape index (κ3) is 2.46. The first-order chi connectivity index (χ1) is 11.6. The van der Waals surface area contributed by atoms with E-state index in [2.05, 4.69) is 4.98 Å². The number of amides is 2. The molecular weight excluding hydrogens is 346 g/mol. The van der Waals surface area contributed by atoms with Crippen molar-refractivity contribution in [2.24, 2.45) is 11.7 Å². The van der Waals surface area contributed by atoms with Crippen molar-refractivity contribution in [3.05, 3.63) is 23.4 Å². The largest absolute Gasteiger partial charge is 0.368 e. The molecule has 0 radical (unpaired) electrons. The number of carbonyl (C=O) groups excluding carboxylic acids is 2. The van der Waals surface area contributed by atoms with Crippen molar-refractivity contribution in [3.63, 3.8) is 0 Å².